The van der Waals surface area contributed by atoms with Crippen LogP contribution in [0.2, 0.25) is 0 Å². The van der Waals surface area contributed by atoms with Gasteiger partial charge in [0.25, 0.3) is 0 Å². The van der Waals surface area contributed by atoms with Gasteiger partial charge in [0, 0.05) is 6.04 Å². The van der Waals surface area contributed by atoms with Gasteiger partial charge >= 0.3 is 5.97 Å². The van der Waals surface area contributed by atoms with Gasteiger partial charge in [-0.05, 0) is 63.4 Å². The molecule has 1 aromatic carbocycles. The molecule has 0 aromatic heterocycles. The van der Waals surface area contributed by atoms with E-state index >= 15 is 0 Å². The summed E-state index contributed by atoms with van der Waals surface area (Å²) in [7, 11) is 0. The average Bonchev–Trinajstić information content (AvgIpc) is 2.94. The fourth-order valence-electron chi connectivity index (χ4n) is 3.00. The minimum absolute atomic E-state index is 0.0923. The van der Waals surface area contributed by atoms with Crippen molar-refractivity contribution in [2.45, 2.75) is 46.1 Å². The van der Waals surface area contributed by atoms with Gasteiger partial charge in [-0.1, -0.05) is 18.2 Å². The lowest BCUT2D eigenvalue weighted by atomic mass is 9.94. The number of carbonyl (C=O) groups excluding carboxylic acids is 1. The average molecular weight is 275 g/mol. The maximum atomic E-state index is 11.9. The highest BCUT2D eigenvalue weighted by Gasteiger charge is 2.27. The molecule has 1 aliphatic rings. The van der Waals surface area contributed by atoms with Crippen LogP contribution in [0.3, 0.4) is 0 Å². The summed E-state index contributed by atoms with van der Waals surface area (Å²) in [5.41, 5.74) is 3.87. The van der Waals surface area contributed by atoms with Crippen molar-refractivity contribution in [2.75, 3.05) is 19.7 Å². The van der Waals surface area contributed by atoms with Crippen molar-refractivity contribution >= 4 is 5.97 Å². The number of esters is 1. The Morgan fingerprint density at radius 1 is 1.30 bits per heavy atom. The highest BCUT2D eigenvalue weighted by Crippen LogP contribution is 2.31. The lowest BCUT2D eigenvalue weighted by Crippen LogP contribution is -2.29. The Hall–Kier alpha value is -1.35. The first-order valence-electron chi connectivity index (χ1n) is 7.59. The van der Waals surface area contributed by atoms with E-state index in [0.717, 1.165) is 13.1 Å². The third-order valence-corrected chi connectivity index (χ3v) is 4.25. The molecule has 1 fully saturated rings. The molecular formula is C17H25NO2. The predicted octanol–water partition coefficient (Wildman–Crippen LogP) is 3.39. The molecule has 0 N–H and O–H groups in total. The maximum Gasteiger partial charge on any atom is 0.307 e. The fourth-order valence-corrected chi connectivity index (χ4v) is 3.00. The SMILES string of the molecule is CCOC(=O)CC(c1cccc(C)c1C)N1CCCC1. The van der Waals surface area contributed by atoms with Crippen LogP contribution in [0.4, 0.5) is 0 Å². The van der Waals surface area contributed by atoms with Gasteiger partial charge in [-0.25, -0.2) is 0 Å². The molecule has 2 rings (SSSR count). The molecule has 0 spiro atoms. The third-order valence-electron chi connectivity index (χ3n) is 4.25. The van der Waals surface area contributed by atoms with Crippen LogP contribution in [0, 0.1) is 13.8 Å². The van der Waals surface area contributed by atoms with Crippen molar-refractivity contribution in [1.82, 2.24) is 4.90 Å². The molecule has 1 atom stereocenters. The smallest absolute Gasteiger partial charge is 0.307 e. The second kappa shape index (κ2) is 6.89. The van der Waals surface area contributed by atoms with E-state index < -0.39 is 0 Å². The van der Waals surface area contributed by atoms with Crippen molar-refractivity contribution < 1.29 is 9.53 Å². The van der Waals surface area contributed by atoms with Crippen molar-refractivity contribution in [3.63, 3.8) is 0 Å². The van der Waals surface area contributed by atoms with Crippen molar-refractivity contribution in [3.8, 4) is 0 Å². The first-order valence-corrected chi connectivity index (χ1v) is 7.59. The second-order valence-corrected chi connectivity index (χ2v) is 5.56. The number of aryl methyl sites for hydroxylation is 1. The van der Waals surface area contributed by atoms with Crippen LogP contribution in [0.5, 0.6) is 0 Å². The maximum absolute atomic E-state index is 11.9. The Bertz CT molecular complexity index is 464. The van der Waals surface area contributed by atoms with Crippen molar-refractivity contribution in [3.05, 3.63) is 34.9 Å². The highest BCUT2D eigenvalue weighted by molar-refractivity contribution is 5.70. The standard InChI is InChI=1S/C17H25NO2/c1-4-20-17(19)12-16(18-10-5-6-11-18)15-9-7-8-13(2)14(15)3/h7-9,16H,4-6,10-12H2,1-3H3. The van der Waals surface area contributed by atoms with Crippen LogP contribution in [-0.4, -0.2) is 30.6 Å². The Morgan fingerprint density at radius 3 is 2.65 bits per heavy atom. The van der Waals surface area contributed by atoms with Gasteiger partial charge in [-0.2, -0.15) is 0 Å². The van der Waals surface area contributed by atoms with Crippen LogP contribution in [-0.2, 0) is 9.53 Å². The molecule has 110 valence electrons. The first-order chi connectivity index (χ1) is 9.63. The summed E-state index contributed by atoms with van der Waals surface area (Å²) in [4.78, 5) is 14.4. The molecule has 1 unspecified atom stereocenters. The molecule has 1 saturated heterocycles. The molecule has 0 radical (unpaired) electrons. The quantitative estimate of drug-likeness (QED) is 0.771. The second-order valence-electron chi connectivity index (χ2n) is 5.56. The number of nitrogens with zero attached hydrogens (tertiary/aromatic N) is 1. The molecule has 1 aliphatic heterocycles. The molecule has 0 aliphatic carbocycles. The Balaban J connectivity index is 2.25. The number of rotatable bonds is 5. The summed E-state index contributed by atoms with van der Waals surface area (Å²) in [6, 6.07) is 6.54. The fraction of sp³-hybridized carbons (Fsp3) is 0.588. The molecule has 3 heteroatoms. The largest absolute Gasteiger partial charge is 0.466 e. The number of ether oxygens (including phenoxy) is 1. The monoisotopic (exact) mass is 275 g/mol. The third kappa shape index (κ3) is 3.40. The lowest BCUT2D eigenvalue weighted by molar-refractivity contribution is -0.144. The molecule has 0 amide bonds. The molecule has 0 saturated carbocycles. The molecule has 1 heterocycles. The van der Waals surface area contributed by atoms with Gasteiger partial charge < -0.3 is 4.74 Å². The van der Waals surface area contributed by atoms with Crippen molar-refractivity contribution in [1.29, 1.82) is 0 Å². The minimum atomic E-state index is -0.0923. The van der Waals surface area contributed by atoms with E-state index in [1.54, 1.807) is 0 Å². The summed E-state index contributed by atoms with van der Waals surface area (Å²) in [5.74, 6) is -0.0923. The normalized spacial score (nSPS) is 17.1. The number of benzene rings is 1. The number of carbonyl (C=O) groups is 1. The summed E-state index contributed by atoms with van der Waals surface area (Å²) in [6.07, 6.45) is 2.91. The van der Waals surface area contributed by atoms with E-state index in [9.17, 15) is 4.79 Å². The van der Waals surface area contributed by atoms with E-state index in [4.69, 9.17) is 4.74 Å². The zero-order valence-corrected chi connectivity index (χ0v) is 12.8. The zero-order chi connectivity index (χ0) is 14.5. The first kappa shape index (κ1) is 15.0. The molecule has 0 bridgehead atoms. The number of likely N-dealkylation sites (tertiary alicyclic amines) is 1. The van der Waals surface area contributed by atoms with Crippen LogP contribution in [0.1, 0.15) is 48.9 Å². The molecular weight excluding hydrogens is 250 g/mol. The lowest BCUT2D eigenvalue weighted by Gasteiger charge is -2.29. The van der Waals surface area contributed by atoms with Gasteiger partial charge in [0.05, 0.1) is 13.0 Å². The van der Waals surface area contributed by atoms with E-state index in [1.165, 1.54) is 29.5 Å². The van der Waals surface area contributed by atoms with Gasteiger partial charge in [0.15, 0.2) is 0 Å². The molecule has 1 aromatic rings. The van der Waals surface area contributed by atoms with E-state index in [0.29, 0.717) is 13.0 Å². The van der Waals surface area contributed by atoms with E-state index in [-0.39, 0.29) is 12.0 Å². The van der Waals surface area contributed by atoms with Gasteiger partial charge in [-0.3, -0.25) is 9.69 Å². The van der Waals surface area contributed by atoms with Crippen LogP contribution in [0.25, 0.3) is 0 Å². The zero-order valence-electron chi connectivity index (χ0n) is 12.8. The molecule has 20 heavy (non-hydrogen) atoms. The van der Waals surface area contributed by atoms with Gasteiger partial charge in [0.2, 0.25) is 0 Å². The van der Waals surface area contributed by atoms with Gasteiger partial charge in [0.1, 0.15) is 0 Å². The van der Waals surface area contributed by atoms with E-state index in [2.05, 4.69) is 36.9 Å². The molecule has 3 nitrogen and oxygen atoms in total. The Labute approximate surface area is 121 Å². The highest BCUT2D eigenvalue weighted by atomic mass is 16.5. The van der Waals surface area contributed by atoms with Crippen molar-refractivity contribution in [2.24, 2.45) is 0 Å². The number of hydrogen-bond donors (Lipinski definition) is 0. The summed E-state index contributed by atoms with van der Waals surface area (Å²) in [6.45, 7) is 8.76. The van der Waals surface area contributed by atoms with Crippen LogP contribution < -0.4 is 0 Å². The summed E-state index contributed by atoms with van der Waals surface area (Å²) < 4.78 is 5.16. The summed E-state index contributed by atoms with van der Waals surface area (Å²) >= 11 is 0. The Kier molecular flexibility index (Phi) is 5.18. The number of hydrogen-bond acceptors (Lipinski definition) is 3. The van der Waals surface area contributed by atoms with Crippen LogP contribution in [0.15, 0.2) is 18.2 Å². The van der Waals surface area contributed by atoms with Gasteiger partial charge in [-0.15, -0.1) is 0 Å². The minimum Gasteiger partial charge on any atom is -0.466 e. The van der Waals surface area contributed by atoms with Crippen LogP contribution >= 0.6 is 0 Å². The summed E-state index contributed by atoms with van der Waals surface area (Å²) in [5, 5.41) is 0. The predicted molar refractivity (Wildman–Crippen MR) is 80.7 cm³/mol. The Morgan fingerprint density at radius 2 is 2.00 bits per heavy atom. The van der Waals surface area contributed by atoms with E-state index in [1.807, 2.05) is 6.92 Å². The topological polar surface area (TPSA) is 29.5 Å².